The average molecular weight is 381 g/mol. The van der Waals surface area contributed by atoms with Crippen LogP contribution in [0.4, 0.5) is 0 Å². The molecular formula is C23H21ClO3. The maximum Gasteiger partial charge on any atom is 0.154 e. The van der Waals surface area contributed by atoms with E-state index < -0.39 is 5.92 Å². The van der Waals surface area contributed by atoms with Crippen LogP contribution in [0.5, 0.6) is 0 Å². The van der Waals surface area contributed by atoms with Crippen molar-refractivity contribution < 1.29 is 14.3 Å². The van der Waals surface area contributed by atoms with Gasteiger partial charge in [-0.15, -0.1) is 0 Å². The maximum absolute atomic E-state index is 13.1. The number of benzene rings is 2. The van der Waals surface area contributed by atoms with E-state index in [1.54, 1.807) is 0 Å². The normalized spacial score (nSPS) is 31.6. The Labute approximate surface area is 163 Å². The summed E-state index contributed by atoms with van der Waals surface area (Å²) in [4.78, 5) is 26.3. The van der Waals surface area contributed by atoms with Gasteiger partial charge in [0, 0.05) is 5.02 Å². The van der Waals surface area contributed by atoms with Gasteiger partial charge in [0.15, 0.2) is 11.6 Å². The molecule has 2 aromatic rings. The minimum absolute atomic E-state index is 0.0418. The van der Waals surface area contributed by atoms with Gasteiger partial charge < -0.3 is 4.74 Å². The Balaban J connectivity index is 1.53. The van der Waals surface area contributed by atoms with Crippen molar-refractivity contribution in [1.29, 1.82) is 0 Å². The zero-order valence-electron chi connectivity index (χ0n) is 15.2. The highest BCUT2D eigenvalue weighted by atomic mass is 35.5. The minimum atomic E-state index is -0.610. The van der Waals surface area contributed by atoms with Crippen LogP contribution in [0.25, 0.3) is 11.1 Å². The molecule has 0 radical (unpaired) electrons. The summed E-state index contributed by atoms with van der Waals surface area (Å²) in [5, 5.41) is 0.705. The van der Waals surface area contributed by atoms with Gasteiger partial charge in [0.05, 0.1) is 24.0 Å². The number of ketones is 2. The molecule has 2 saturated heterocycles. The zero-order chi connectivity index (χ0) is 18.7. The van der Waals surface area contributed by atoms with Crippen molar-refractivity contribution in [3.8, 4) is 11.1 Å². The number of carbonyl (C=O) groups is 2. The molecule has 3 aliphatic rings. The van der Waals surface area contributed by atoms with Gasteiger partial charge in [-0.05, 0) is 53.6 Å². The van der Waals surface area contributed by atoms with Crippen molar-refractivity contribution in [2.75, 3.05) is 0 Å². The van der Waals surface area contributed by atoms with E-state index in [9.17, 15) is 9.59 Å². The molecule has 2 heterocycles. The molecule has 138 valence electrons. The first-order valence-electron chi connectivity index (χ1n) is 9.70. The first kappa shape index (κ1) is 17.2. The Morgan fingerprint density at radius 1 is 0.926 bits per heavy atom. The van der Waals surface area contributed by atoms with E-state index in [1.807, 2.05) is 36.4 Å². The topological polar surface area (TPSA) is 43.4 Å². The number of ether oxygens (including phenoxy) is 1. The van der Waals surface area contributed by atoms with Crippen LogP contribution in [-0.2, 0) is 20.7 Å². The lowest BCUT2D eigenvalue weighted by Crippen LogP contribution is -2.29. The molecule has 3 unspecified atom stereocenters. The van der Waals surface area contributed by atoms with Crippen LogP contribution in [0.1, 0.15) is 36.8 Å². The fourth-order valence-corrected chi connectivity index (χ4v) is 5.37. The minimum Gasteiger partial charge on any atom is -0.373 e. The van der Waals surface area contributed by atoms with E-state index in [-0.39, 0.29) is 35.6 Å². The molecule has 4 heteroatoms. The summed E-state index contributed by atoms with van der Waals surface area (Å²) >= 11 is 5.99. The van der Waals surface area contributed by atoms with Gasteiger partial charge in [-0.3, -0.25) is 9.59 Å². The van der Waals surface area contributed by atoms with E-state index in [4.69, 9.17) is 16.3 Å². The van der Waals surface area contributed by atoms with Gasteiger partial charge in [-0.1, -0.05) is 48.9 Å². The molecule has 0 amide bonds. The molecule has 0 N–H and O–H groups in total. The number of rotatable bonds is 3. The molecule has 0 aromatic heterocycles. The Morgan fingerprint density at radius 2 is 1.52 bits per heavy atom. The monoisotopic (exact) mass is 380 g/mol. The molecular weight excluding hydrogens is 360 g/mol. The largest absolute Gasteiger partial charge is 0.373 e. The SMILES string of the molecule is CCc1cc(-c2ccc(Cl)cc2)ccc1C1C(=O)[C@@H]2C3CCC(O3)[C@@H]2C1=O. The van der Waals surface area contributed by atoms with E-state index >= 15 is 0 Å². The van der Waals surface area contributed by atoms with Crippen molar-refractivity contribution >= 4 is 23.2 Å². The third-order valence-corrected chi connectivity index (χ3v) is 6.76. The molecule has 27 heavy (non-hydrogen) atoms. The van der Waals surface area contributed by atoms with E-state index in [0.29, 0.717) is 5.02 Å². The molecule has 0 spiro atoms. The van der Waals surface area contributed by atoms with Gasteiger partial charge in [0.2, 0.25) is 0 Å². The number of Topliss-reactive ketones (excluding diaryl/α,β-unsaturated/α-hetero) is 2. The summed E-state index contributed by atoms with van der Waals surface area (Å²) in [6.07, 6.45) is 2.52. The van der Waals surface area contributed by atoms with Crippen LogP contribution in [0, 0.1) is 11.8 Å². The highest BCUT2D eigenvalue weighted by Gasteiger charge is 2.63. The highest BCUT2D eigenvalue weighted by molar-refractivity contribution is 6.30. The first-order valence-corrected chi connectivity index (χ1v) is 10.1. The molecule has 3 nitrogen and oxygen atoms in total. The molecule has 5 atom stereocenters. The van der Waals surface area contributed by atoms with Crippen molar-refractivity contribution in [3.63, 3.8) is 0 Å². The first-order chi connectivity index (χ1) is 13.1. The lowest BCUT2D eigenvalue weighted by Gasteiger charge is -2.17. The second-order valence-electron chi connectivity index (χ2n) is 7.85. The summed E-state index contributed by atoms with van der Waals surface area (Å²) < 4.78 is 5.86. The number of hydrogen-bond acceptors (Lipinski definition) is 3. The standard InChI is InChI=1S/C23H21ClO3/c1-2-12-11-14(13-3-6-15(24)7-4-13)5-8-16(12)19-22(25)20-17-9-10-18(27-17)21(20)23(19)26/h3-8,11,17-21H,2,9-10H2,1H3/t17?,18?,19?,20-,21+. The van der Waals surface area contributed by atoms with Crippen LogP contribution in [-0.4, -0.2) is 23.8 Å². The molecule has 2 aromatic carbocycles. The van der Waals surface area contributed by atoms with Crippen molar-refractivity contribution in [2.24, 2.45) is 11.8 Å². The number of halogens is 1. The summed E-state index contributed by atoms with van der Waals surface area (Å²) in [5.41, 5.74) is 4.11. The van der Waals surface area contributed by atoms with Crippen molar-refractivity contribution in [3.05, 3.63) is 58.6 Å². The summed E-state index contributed by atoms with van der Waals surface area (Å²) in [6, 6.07) is 13.8. The average Bonchev–Trinajstić information content (AvgIpc) is 3.36. The van der Waals surface area contributed by atoms with Crippen LogP contribution in [0.2, 0.25) is 5.02 Å². The van der Waals surface area contributed by atoms with Gasteiger partial charge in [0.25, 0.3) is 0 Å². The third-order valence-electron chi connectivity index (χ3n) is 6.51. The Morgan fingerprint density at radius 3 is 2.11 bits per heavy atom. The van der Waals surface area contributed by atoms with Gasteiger partial charge in [-0.2, -0.15) is 0 Å². The van der Waals surface area contributed by atoms with Gasteiger partial charge >= 0.3 is 0 Å². The molecule has 3 fully saturated rings. The molecule has 2 bridgehead atoms. The number of fused-ring (bicyclic) bond motifs is 5. The smallest absolute Gasteiger partial charge is 0.154 e. The predicted octanol–water partition coefficient (Wildman–Crippen LogP) is 4.60. The zero-order valence-corrected chi connectivity index (χ0v) is 15.9. The predicted molar refractivity (Wildman–Crippen MR) is 104 cm³/mol. The third kappa shape index (κ3) is 2.52. The molecule has 2 aliphatic heterocycles. The number of carbonyl (C=O) groups excluding carboxylic acids is 2. The molecule has 5 rings (SSSR count). The van der Waals surface area contributed by atoms with Crippen LogP contribution in [0.3, 0.4) is 0 Å². The van der Waals surface area contributed by atoms with Crippen LogP contribution >= 0.6 is 11.6 Å². The summed E-state index contributed by atoms with van der Waals surface area (Å²) in [7, 11) is 0. The second-order valence-corrected chi connectivity index (χ2v) is 8.29. The lowest BCUT2D eigenvalue weighted by atomic mass is 9.81. The van der Waals surface area contributed by atoms with Crippen molar-refractivity contribution in [2.45, 2.75) is 44.3 Å². The number of hydrogen-bond donors (Lipinski definition) is 0. The maximum atomic E-state index is 13.1. The van der Waals surface area contributed by atoms with E-state index in [2.05, 4.69) is 13.0 Å². The van der Waals surface area contributed by atoms with Crippen molar-refractivity contribution in [1.82, 2.24) is 0 Å². The Kier molecular flexibility index (Phi) is 3.99. The van der Waals surface area contributed by atoms with E-state index in [1.165, 1.54) is 0 Å². The van der Waals surface area contributed by atoms with Gasteiger partial charge in [-0.25, -0.2) is 0 Å². The molecule has 1 aliphatic carbocycles. The fourth-order valence-electron chi connectivity index (χ4n) is 5.25. The molecule has 1 saturated carbocycles. The Hall–Kier alpha value is -1.97. The quantitative estimate of drug-likeness (QED) is 0.731. The number of aryl methyl sites for hydroxylation is 1. The fraction of sp³-hybridized carbons (Fsp3) is 0.391. The summed E-state index contributed by atoms with van der Waals surface area (Å²) in [5.74, 6) is -0.901. The second kappa shape index (κ2) is 6.29. The Bertz CT molecular complexity index is 905. The van der Waals surface area contributed by atoms with Crippen LogP contribution in [0.15, 0.2) is 42.5 Å². The highest BCUT2D eigenvalue weighted by Crippen LogP contribution is 2.52. The van der Waals surface area contributed by atoms with Gasteiger partial charge in [0.1, 0.15) is 5.92 Å². The van der Waals surface area contributed by atoms with E-state index in [0.717, 1.165) is 41.5 Å². The summed E-state index contributed by atoms with van der Waals surface area (Å²) in [6.45, 7) is 2.07. The lowest BCUT2D eigenvalue weighted by molar-refractivity contribution is -0.127. The van der Waals surface area contributed by atoms with Crippen LogP contribution < -0.4 is 0 Å².